The first-order valence-electron chi connectivity index (χ1n) is 7.81. The molecule has 128 valence electrons. The summed E-state index contributed by atoms with van der Waals surface area (Å²) in [4.78, 5) is 29.7. The van der Waals surface area contributed by atoms with Gasteiger partial charge in [0.2, 0.25) is 11.8 Å². The zero-order valence-corrected chi connectivity index (χ0v) is 14.4. The third kappa shape index (κ3) is 4.65. The van der Waals surface area contributed by atoms with Gasteiger partial charge in [-0.3, -0.25) is 9.59 Å². The predicted molar refractivity (Wildman–Crippen MR) is 89.8 cm³/mol. The normalized spacial score (nSPS) is 10.7. The maximum Gasteiger partial charge on any atom is 0.253 e. The van der Waals surface area contributed by atoms with Crippen molar-refractivity contribution in [3.05, 3.63) is 41.5 Å². The summed E-state index contributed by atoms with van der Waals surface area (Å²) >= 11 is 0. The summed E-state index contributed by atoms with van der Waals surface area (Å²) in [6.07, 6.45) is 0.605. The number of aryl methyl sites for hydroxylation is 1. The number of nitrogens with one attached hydrogen (secondary N) is 1. The Morgan fingerprint density at radius 1 is 1.29 bits per heavy atom. The summed E-state index contributed by atoms with van der Waals surface area (Å²) < 4.78 is 5.11. The number of anilines is 1. The Kier molecular flexibility index (Phi) is 5.68. The number of nitrogens with zero attached hydrogens (tertiary/aromatic N) is 3. The topological polar surface area (TPSA) is 88.3 Å². The lowest BCUT2D eigenvalue weighted by atomic mass is 10.1. The number of carbonyl (C=O) groups excluding carboxylic acids is 2. The molecule has 0 saturated heterocycles. The molecule has 0 aliphatic carbocycles. The lowest BCUT2D eigenvalue weighted by Gasteiger charge is -2.11. The van der Waals surface area contributed by atoms with Crippen molar-refractivity contribution in [1.82, 2.24) is 15.0 Å². The molecule has 7 nitrogen and oxygen atoms in total. The molecule has 0 bridgehead atoms. The van der Waals surface area contributed by atoms with Crippen LogP contribution < -0.4 is 5.32 Å². The molecule has 0 atom stereocenters. The Labute approximate surface area is 141 Å². The van der Waals surface area contributed by atoms with Crippen LogP contribution in [0.3, 0.4) is 0 Å². The number of amides is 2. The molecule has 1 aromatic carbocycles. The van der Waals surface area contributed by atoms with Gasteiger partial charge < -0.3 is 14.7 Å². The highest BCUT2D eigenvalue weighted by atomic mass is 16.5. The molecule has 0 saturated carbocycles. The standard InChI is InChI=1S/C17H22N4O3/c1-11(2)16-19-15(24-20-16)9-8-14(22)18-13-7-5-6-12(10-13)17(23)21(3)4/h5-7,10-11H,8-9H2,1-4H3,(H,18,22). The van der Waals surface area contributed by atoms with Gasteiger partial charge in [-0.05, 0) is 18.2 Å². The second-order valence-corrected chi connectivity index (χ2v) is 6.03. The Bertz CT molecular complexity index is 722. The van der Waals surface area contributed by atoms with E-state index in [0.717, 1.165) is 0 Å². The van der Waals surface area contributed by atoms with Crippen LogP contribution in [0.2, 0.25) is 0 Å². The van der Waals surface area contributed by atoms with Crippen LogP contribution in [0.15, 0.2) is 28.8 Å². The number of rotatable bonds is 6. The average molecular weight is 330 g/mol. The largest absolute Gasteiger partial charge is 0.345 e. The van der Waals surface area contributed by atoms with Gasteiger partial charge in [0.15, 0.2) is 5.82 Å². The molecular weight excluding hydrogens is 308 g/mol. The van der Waals surface area contributed by atoms with Gasteiger partial charge >= 0.3 is 0 Å². The molecule has 7 heteroatoms. The molecule has 0 aliphatic heterocycles. The highest BCUT2D eigenvalue weighted by Gasteiger charge is 2.12. The minimum Gasteiger partial charge on any atom is -0.345 e. The summed E-state index contributed by atoms with van der Waals surface area (Å²) in [5, 5.41) is 6.64. The molecule has 0 aliphatic rings. The van der Waals surface area contributed by atoms with Crippen LogP contribution in [-0.2, 0) is 11.2 Å². The summed E-state index contributed by atoms with van der Waals surface area (Å²) in [5.74, 6) is 0.992. The van der Waals surface area contributed by atoms with Gasteiger partial charge in [0.25, 0.3) is 5.91 Å². The minimum atomic E-state index is -0.172. The molecule has 0 unspecified atom stereocenters. The van der Waals surface area contributed by atoms with Crippen LogP contribution in [0.1, 0.15) is 48.3 Å². The summed E-state index contributed by atoms with van der Waals surface area (Å²) in [5.41, 5.74) is 1.11. The fraction of sp³-hybridized carbons (Fsp3) is 0.412. The van der Waals surface area contributed by atoms with Crippen molar-refractivity contribution in [3.8, 4) is 0 Å². The zero-order chi connectivity index (χ0) is 17.7. The minimum absolute atomic E-state index is 0.113. The second-order valence-electron chi connectivity index (χ2n) is 6.03. The van der Waals surface area contributed by atoms with Crippen molar-refractivity contribution in [2.45, 2.75) is 32.6 Å². The first-order chi connectivity index (χ1) is 11.4. The fourth-order valence-corrected chi connectivity index (χ4v) is 2.04. The maximum absolute atomic E-state index is 12.0. The molecular formula is C17H22N4O3. The molecule has 1 N–H and O–H groups in total. The Hall–Kier alpha value is -2.70. The van der Waals surface area contributed by atoms with Crippen molar-refractivity contribution in [1.29, 1.82) is 0 Å². The molecule has 1 aromatic heterocycles. The average Bonchev–Trinajstić information content (AvgIpc) is 3.01. The molecule has 1 heterocycles. The highest BCUT2D eigenvalue weighted by Crippen LogP contribution is 2.14. The SMILES string of the molecule is CC(C)c1noc(CCC(=O)Nc2cccc(C(=O)N(C)C)c2)n1. The predicted octanol–water partition coefficient (Wildman–Crippen LogP) is 2.47. The van der Waals surface area contributed by atoms with Crippen molar-refractivity contribution in [2.75, 3.05) is 19.4 Å². The monoisotopic (exact) mass is 330 g/mol. The van der Waals surface area contributed by atoms with Gasteiger partial charge in [-0.2, -0.15) is 4.98 Å². The highest BCUT2D eigenvalue weighted by molar-refractivity contribution is 5.97. The number of aromatic nitrogens is 2. The van der Waals surface area contributed by atoms with Gasteiger partial charge in [-0.1, -0.05) is 25.1 Å². The summed E-state index contributed by atoms with van der Waals surface area (Å²) in [6.45, 7) is 3.95. The smallest absolute Gasteiger partial charge is 0.253 e. The third-order valence-corrected chi connectivity index (χ3v) is 3.37. The van der Waals surface area contributed by atoms with Crippen molar-refractivity contribution >= 4 is 17.5 Å². The van der Waals surface area contributed by atoms with E-state index < -0.39 is 0 Å². The van der Waals surface area contributed by atoms with E-state index in [1.807, 2.05) is 13.8 Å². The number of benzene rings is 1. The zero-order valence-electron chi connectivity index (χ0n) is 14.4. The molecule has 2 aromatic rings. The second kappa shape index (κ2) is 7.72. The molecule has 0 spiro atoms. The van der Waals surface area contributed by atoms with E-state index in [1.54, 1.807) is 38.4 Å². The number of hydrogen-bond acceptors (Lipinski definition) is 5. The molecule has 0 fully saturated rings. The van der Waals surface area contributed by atoms with Gasteiger partial charge in [0.1, 0.15) is 0 Å². The quantitative estimate of drug-likeness (QED) is 0.879. The van der Waals surface area contributed by atoms with Gasteiger partial charge in [0, 0.05) is 44.1 Å². The van der Waals surface area contributed by atoms with E-state index in [4.69, 9.17) is 4.52 Å². The maximum atomic E-state index is 12.0. The molecule has 2 amide bonds. The van der Waals surface area contributed by atoms with Crippen LogP contribution in [0.4, 0.5) is 5.69 Å². The lowest BCUT2D eigenvalue weighted by molar-refractivity contribution is -0.116. The third-order valence-electron chi connectivity index (χ3n) is 3.37. The summed E-state index contributed by atoms with van der Waals surface area (Å²) in [6, 6.07) is 6.85. The first-order valence-corrected chi connectivity index (χ1v) is 7.81. The van der Waals surface area contributed by atoms with E-state index >= 15 is 0 Å². The summed E-state index contributed by atoms with van der Waals surface area (Å²) in [7, 11) is 3.37. The van der Waals surface area contributed by atoms with E-state index in [-0.39, 0.29) is 24.2 Å². The van der Waals surface area contributed by atoms with E-state index in [1.165, 1.54) is 4.90 Å². The van der Waals surface area contributed by atoms with E-state index in [2.05, 4.69) is 15.5 Å². The van der Waals surface area contributed by atoms with E-state index in [0.29, 0.717) is 29.4 Å². The molecule has 24 heavy (non-hydrogen) atoms. The van der Waals surface area contributed by atoms with Crippen LogP contribution >= 0.6 is 0 Å². The van der Waals surface area contributed by atoms with Crippen LogP contribution in [0.5, 0.6) is 0 Å². The first kappa shape index (κ1) is 17.7. The molecule has 0 radical (unpaired) electrons. The van der Waals surface area contributed by atoms with Crippen LogP contribution in [-0.4, -0.2) is 41.0 Å². The fourth-order valence-electron chi connectivity index (χ4n) is 2.04. The van der Waals surface area contributed by atoms with Crippen molar-refractivity contribution < 1.29 is 14.1 Å². The molecule has 2 rings (SSSR count). The Morgan fingerprint density at radius 3 is 2.67 bits per heavy atom. The van der Waals surface area contributed by atoms with Crippen LogP contribution in [0, 0.1) is 0 Å². The Balaban J connectivity index is 1.92. The van der Waals surface area contributed by atoms with Crippen molar-refractivity contribution in [2.24, 2.45) is 0 Å². The van der Waals surface area contributed by atoms with E-state index in [9.17, 15) is 9.59 Å². The van der Waals surface area contributed by atoms with Crippen LogP contribution in [0.25, 0.3) is 0 Å². The van der Waals surface area contributed by atoms with Crippen molar-refractivity contribution in [3.63, 3.8) is 0 Å². The number of carbonyl (C=O) groups is 2. The number of hydrogen-bond donors (Lipinski definition) is 1. The lowest BCUT2D eigenvalue weighted by Crippen LogP contribution is -2.22. The van der Waals surface area contributed by atoms with Gasteiger partial charge in [-0.25, -0.2) is 0 Å². The van der Waals surface area contributed by atoms with Gasteiger partial charge in [-0.15, -0.1) is 0 Å². The Morgan fingerprint density at radius 2 is 2.04 bits per heavy atom. The van der Waals surface area contributed by atoms with Gasteiger partial charge in [0.05, 0.1) is 0 Å².